The summed E-state index contributed by atoms with van der Waals surface area (Å²) < 4.78 is 7.93. The quantitative estimate of drug-likeness (QED) is 0.652. The van der Waals surface area contributed by atoms with E-state index in [-0.39, 0.29) is 0 Å². The Morgan fingerprint density at radius 3 is 2.48 bits per heavy atom. The molecule has 0 atom stereocenters. The Morgan fingerprint density at radius 1 is 1.05 bits per heavy atom. The second-order valence-electron chi connectivity index (χ2n) is 5.34. The Morgan fingerprint density at radius 2 is 1.81 bits per heavy atom. The van der Waals surface area contributed by atoms with Crippen LogP contribution in [0.15, 0.2) is 51.4 Å². The minimum Gasteiger partial charge on any atom is -0.457 e. The molecule has 0 spiro atoms. The number of rotatable bonds is 6. The number of benzene rings is 2. The lowest BCUT2D eigenvalue weighted by atomic mass is 10.2. The molecule has 0 aliphatic rings. The predicted octanol–water partition coefficient (Wildman–Crippen LogP) is 5.75. The molecule has 0 bridgehead atoms. The van der Waals surface area contributed by atoms with E-state index in [2.05, 4.69) is 57.1 Å². The van der Waals surface area contributed by atoms with Crippen molar-refractivity contribution in [2.24, 2.45) is 5.92 Å². The van der Waals surface area contributed by atoms with Crippen molar-refractivity contribution in [3.05, 3.63) is 57.0 Å². The smallest absolute Gasteiger partial charge is 0.128 e. The van der Waals surface area contributed by atoms with Crippen molar-refractivity contribution >= 4 is 31.9 Å². The Bertz CT molecular complexity index is 599. The monoisotopic (exact) mass is 411 g/mol. The lowest BCUT2D eigenvalue weighted by Gasteiger charge is -2.11. The molecule has 0 fully saturated rings. The van der Waals surface area contributed by atoms with Crippen LogP contribution < -0.4 is 10.1 Å². The number of hydrogen-bond donors (Lipinski definition) is 1. The molecule has 1 N–H and O–H groups in total. The van der Waals surface area contributed by atoms with E-state index in [1.807, 2.05) is 36.4 Å². The minimum absolute atomic E-state index is 0.655. The lowest BCUT2D eigenvalue weighted by Crippen LogP contribution is -2.19. The molecule has 0 aliphatic carbocycles. The molecule has 2 aromatic rings. The average Bonchev–Trinajstić information content (AvgIpc) is 2.41. The van der Waals surface area contributed by atoms with E-state index in [0.717, 1.165) is 33.5 Å². The highest BCUT2D eigenvalue weighted by atomic mass is 79.9. The molecule has 0 saturated carbocycles. The summed E-state index contributed by atoms with van der Waals surface area (Å²) in [5.41, 5.74) is 1.23. The van der Waals surface area contributed by atoms with Gasteiger partial charge in [-0.05, 0) is 48.4 Å². The summed E-state index contributed by atoms with van der Waals surface area (Å²) in [6.45, 7) is 6.28. The van der Waals surface area contributed by atoms with Gasteiger partial charge in [0.1, 0.15) is 11.5 Å². The summed E-state index contributed by atoms with van der Waals surface area (Å²) in [5.74, 6) is 2.30. The third kappa shape index (κ3) is 5.46. The van der Waals surface area contributed by atoms with E-state index < -0.39 is 0 Å². The van der Waals surface area contributed by atoms with Gasteiger partial charge >= 0.3 is 0 Å². The van der Waals surface area contributed by atoms with E-state index in [1.54, 1.807) is 0 Å². The first-order chi connectivity index (χ1) is 10.0. The SMILES string of the molecule is CC(C)CNCc1ccc(Oc2cccc(Br)c2)cc1Br. The molecule has 0 radical (unpaired) electrons. The van der Waals surface area contributed by atoms with Crippen LogP contribution in [0, 0.1) is 5.92 Å². The molecule has 0 saturated heterocycles. The zero-order valence-electron chi connectivity index (χ0n) is 12.2. The Balaban J connectivity index is 2.01. The van der Waals surface area contributed by atoms with E-state index in [0.29, 0.717) is 5.92 Å². The molecule has 0 amide bonds. The van der Waals surface area contributed by atoms with Crippen LogP contribution >= 0.6 is 31.9 Å². The summed E-state index contributed by atoms with van der Waals surface area (Å²) >= 11 is 7.06. The third-order valence-corrected chi connectivity index (χ3v) is 4.16. The van der Waals surface area contributed by atoms with Crippen molar-refractivity contribution < 1.29 is 4.74 Å². The van der Waals surface area contributed by atoms with E-state index in [9.17, 15) is 0 Å². The van der Waals surface area contributed by atoms with Crippen LogP contribution in [0.1, 0.15) is 19.4 Å². The van der Waals surface area contributed by atoms with Gasteiger partial charge in [0, 0.05) is 15.5 Å². The lowest BCUT2D eigenvalue weighted by molar-refractivity contribution is 0.481. The molecule has 0 aromatic heterocycles. The second kappa shape index (κ2) is 7.97. The highest BCUT2D eigenvalue weighted by Gasteiger charge is 2.04. The molecule has 4 heteroatoms. The van der Waals surface area contributed by atoms with Crippen molar-refractivity contribution in [3.63, 3.8) is 0 Å². The Labute approximate surface area is 143 Å². The molecule has 21 heavy (non-hydrogen) atoms. The van der Waals surface area contributed by atoms with Crippen LogP contribution in [0.5, 0.6) is 11.5 Å². The number of ether oxygens (including phenoxy) is 1. The van der Waals surface area contributed by atoms with Crippen LogP contribution in [0.3, 0.4) is 0 Å². The zero-order valence-corrected chi connectivity index (χ0v) is 15.4. The molecule has 2 aromatic carbocycles. The zero-order chi connectivity index (χ0) is 15.2. The summed E-state index contributed by atoms with van der Waals surface area (Å²) in [7, 11) is 0. The van der Waals surface area contributed by atoms with Crippen LogP contribution in [-0.4, -0.2) is 6.54 Å². The van der Waals surface area contributed by atoms with Crippen molar-refractivity contribution in [1.82, 2.24) is 5.32 Å². The van der Waals surface area contributed by atoms with Gasteiger partial charge in [0.15, 0.2) is 0 Å². The van der Waals surface area contributed by atoms with Crippen molar-refractivity contribution in [3.8, 4) is 11.5 Å². The van der Waals surface area contributed by atoms with Crippen molar-refractivity contribution in [1.29, 1.82) is 0 Å². The fourth-order valence-corrected chi connectivity index (χ4v) is 2.77. The van der Waals surface area contributed by atoms with Gasteiger partial charge in [-0.2, -0.15) is 0 Å². The van der Waals surface area contributed by atoms with E-state index >= 15 is 0 Å². The minimum atomic E-state index is 0.655. The maximum Gasteiger partial charge on any atom is 0.128 e. The largest absolute Gasteiger partial charge is 0.457 e. The Kier molecular flexibility index (Phi) is 6.27. The van der Waals surface area contributed by atoms with Crippen molar-refractivity contribution in [2.75, 3.05) is 6.54 Å². The third-order valence-electron chi connectivity index (χ3n) is 2.92. The van der Waals surface area contributed by atoms with Gasteiger partial charge in [-0.3, -0.25) is 0 Å². The highest BCUT2D eigenvalue weighted by Crippen LogP contribution is 2.28. The van der Waals surface area contributed by atoms with E-state index in [4.69, 9.17) is 4.74 Å². The first-order valence-corrected chi connectivity index (χ1v) is 8.56. The summed E-state index contributed by atoms with van der Waals surface area (Å²) in [4.78, 5) is 0. The van der Waals surface area contributed by atoms with Crippen LogP contribution in [0.4, 0.5) is 0 Å². The molecular formula is C17H19Br2NO. The first kappa shape index (κ1) is 16.5. The van der Waals surface area contributed by atoms with E-state index in [1.165, 1.54) is 5.56 Å². The van der Waals surface area contributed by atoms with Gasteiger partial charge in [-0.15, -0.1) is 0 Å². The van der Waals surface area contributed by atoms with Gasteiger partial charge in [-0.1, -0.05) is 57.8 Å². The van der Waals surface area contributed by atoms with Crippen molar-refractivity contribution in [2.45, 2.75) is 20.4 Å². The predicted molar refractivity (Wildman–Crippen MR) is 94.9 cm³/mol. The molecule has 0 aliphatic heterocycles. The Hall–Kier alpha value is -0.840. The number of halogens is 2. The maximum atomic E-state index is 5.86. The van der Waals surface area contributed by atoms with Gasteiger partial charge < -0.3 is 10.1 Å². The van der Waals surface area contributed by atoms with Gasteiger partial charge in [0.2, 0.25) is 0 Å². The molecule has 112 valence electrons. The van der Waals surface area contributed by atoms with Gasteiger partial charge in [0.25, 0.3) is 0 Å². The fourth-order valence-electron chi connectivity index (χ4n) is 1.90. The standard InChI is InChI=1S/C17H19Br2NO/c1-12(2)10-20-11-13-6-7-16(9-17(13)19)21-15-5-3-4-14(18)8-15/h3-9,12,20H,10-11H2,1-2H3. The fraction of sp³-hybridized carbons (Fsp3) is 0.294. The summed E-state index contributed by atoms with van der Waals surface area (Å²) in [6, 6.07) is 13.9. The van der Waals surface area contributed by atoms with Crippen LogP contribution in [0.25, 0.3) is 0 Å². The molecule has 0 unspecified atom stereocenters. The molecule has 2 rings (SSSR count). The summed E-state index contributed by atoms with van der Waals surface area (Å²) in [6.07, 6.45) is 0. The topological polar surface area (TPSA) is 21.3 Å². The highest BCUT2D eigenvalue weighted by molar-refractivity contribution is 9.10. The normalized spacial score (nSPS) is 10.9. The average molecular weight is 413 g/mol. The summed E-state index contributed by atoms with van der Waals surface area (Å²) in [5, 5.41) is 3.44. The number of hydrogen-bond acceptors (Lipinski definition) is 2. The molecular weight excluding hydrogens is 394 g/mol. The maximum absolute atomic E-state index is 5.86. The van der Waals surface area contributed by atoms with Gasteiger partial charge in [-0.25, -0.2) is 0 Å². The van der Waals surface area contributed by atoms with Crippen LogP contribution in [-0.2, 0) is 6.54 Å². The van der Waals surface area contributed by atoms with Gasteiger partial charge in [0.05, 0.1) is 0 Å². The first-order valence-electron chi connectivity index (χ1n) is 6.97. The second-order valence-corrected chi connectivity index (χ2v) is 7.11. The molecule has 2 nitrogen and oxygen atoms in total. The van der Waals surface area contributed by atoms with Crippen LogP contribution in [0.2, 0.25) is 0 Å². The number of nitrogens with one attached hydrogen (secondary N) is 1. The molecule has 0 heterocycles.